The number of epoxide rings is 1. The van der Waals surface area contributed by atoms with Crippen molar-refractivity contribution in [1.29, 1.82) is 0 Å². The van der Waals surface area contributed by atoms with Gasteiger partial charge in [-0.15, -0.1) is 0 Å². The fourth-order valence-corrected chi connectivity index (χ4v) is 9.86. The van der Waals surface area contributed by atoms with Gasteiger partial charge in [0.25, 0.3) is 0 Å². The predicted octanol–water partition coefficient (Wildman–Crippen LogP) is 6.95. The molecule has 3 heteroatoms. The molecule has 0 radical (unpaired) electrons. The monoisotopic (exact) mass is 468 g/mol. The Morgan fingerprint density at radius 3 is 2.80 bits per heavy atom. The Balaban J connectivity index is 1.10. The highest BCUT2D eigenvalue weighted by Crippen LogP contribution is 2.79. The topological polar surface area (TPSA) is 38.8 Å². The summed E-state index contributed by atoms with van der Waals surface area (Å²) in [4.78, 5) is 12.7. The fourth-order valence-electron chi connectivity index (χ4n) is 9.86. The summed E-state index contributed by atoms with van der Waals surface area (Å²) < 4.78 is 12.8. The quantitative estimate of drug-likeness (QED) is 0.277. The predicted molar refractivity (Wildman–Crippen MR) is 134 cm³/mol. The van der Waals surface area contributed by atoms with Crippen molar-refractivity contribution in [3.63, 3.8) is 0 Å². The number of rotatable bonds is 4. The third-order valence-electron chi connectivity index (χ3n) is 11.2. The summed E-state index contributed by atoms with van der Waals surface area (Å²) in [6.07, 6.45) is 11.9. The molecule has 1 aliphatic heterocycles. The number of fused-ring (bicyclic) bond motifs is 5. The van der Waals surface area contributed by atoms with E-state index in [9.17, 15) is 4.79 Å². The van der Waals surface area contributed by atoms with Gasteiger partial charge in [-0.3, -0.25) is 0 Å². The zero-order valence-corrected chi connectivity index (χ0v) is 20.7. The highest BCUT2D eigenvalue weighted by Gasteiger charge is 2.84. The zero-order chi connectivity index (χ0) is 23.4. The summed E-state index contributed by atoms with van der Waals surface area (Å²) in [5.41, 5.74) is 4.05. The highest BCUT2D eigenvalue weighted by atomic mass is 16.6. The van der Waals surface area contributed by atoms with E-state index in [4.69, 9.17) is 9.47 Å². The smallest absolute Gasteiger partial charge is 0.343 e. The van der Waals surface area contributed by atoms with Crippen LogP contribution in [0, 0.1) is 35.5 Å². The van der Waals surface area contributed by atoms with Gasteiger partial charge in [-0.1, -0.05) is 44.0 Å². The summed E-state index contributed by atoms with van der Waals surface area (Å²) in [6.45, 7) is 2.35. The molecule has 0 amide bonds. The lowest BCUT2D eigenvalue weighted by atomic mass is 9.55. The maximum absolute atomic E-state index is 12.7. The zero-order valence-electron chi connectivity index (χ0n) is 20.7. The number of ether oxygens (including phenoxy) is 2. The SMILES string of the molecule is CCC[C@@H]1Cc2cc(OC(=O)c3ccccc3)ccc2C2CC[C@]34O[C@]35C[C@H]3C[C@H]3C[C@@H]5CC4C21. The largest absolute Gasteiger partial charge is 0.423 e. The molecule has 1 saturated heterocycles. The number of hydrogen-bond acceptors (Lipinski definition) is 3. The Morgan fingerprint density at radius 1 is 1.06 bits per heavy atom. The second-order valence-corrected chi connectivity index (χ2v) is 12.7. The molecule has 2 spiro atoms. The van der Waals surface area contributed by atoms with E-state index < -0.39 is 0 Å². The maximum atomic E-state index is 12.7. The molecule has 9 atom stereocenters. The van der Waals surface area contributed by atoms with E-state index >= 15 is 0 Å². The number of carbonyl (C=O) groups is 1. The van der Waals surface area contributed by atoms with Crippen LogP contribution in [0.1, 0.15) is 85.7 Å². The first kappa shape index (κ1) is 21.0. The fraction of sp³-hybridized carbons (Fsp3) is 0.594. The normalized spacial score (nSPS) is 43.5. The van der Waals surface area contributed by atoms with Crippen LogP contribution < -0.4 is 4.74 Å². The number of esters is 1. The molecule has 182 valence electrons. The van der Waals surface area contributed by atoms with E-state index in [0.29, 0.717) is 17.2 Å². The summed E-state index contributed by atoms with van der Waals surface area (Å²) in [7, 11) is 0. The number of benzene rings is 2. The van der Waals surface area contributed by atoms with Crippen LogP contribution in [0.5, 0.6) is 5.75 Å². The van der Waals surface area contributed by atoms with Gasteiger partial charge in [-0.2, -0.15) is 0 Å². The van der Waals surface area contributed by atoms with Crippen molar-refractivity contribution in [2.24, 2.45) is 35.5 Å². The highest BCUT2D eigenvalue weighted by molar-refractivity contribution is 5.91. The molecule has 0 bridgehead atoms. The van der Waals surface area contributed by atoms with Crippen LogP contribution in [-0.4, -0.2) is 17.2 Å². The molecule has 2 aromatic carbocycles. The van der Waals surface area contributed by atoms with Gasteiger partial charge in [-0.05, 0) is 122 Å². The number of hydrogen-bond donors (Lipinski definition) is 0. The standard InChI is InChI=1S/C32H36O3/c1-2-6-20-13-22-16-25(34-30(33)19-7-4-3-5-8-19)9-10-26(22)27-11-12-31-28(29(20)27)17-24-15-21-14-23(21)18-32(24,31)35-31/h3-5,7-10,16,20-21,23-24,27-29H,2,6,11-15,17-18H2,1H3/t20-,21+,23-,24-,27?,28?,29?,31-,32+/m1/s1. The minimum atomic E-state index is -0.272. The van der Waals surface area contributed by atoms with Crippen LogP contribution >= 0.6 is 0 Å². The molecule has 6 aliphatic rings. The molecule has 0 N–H and O–H groups in total. The first-order valence-electron chi connectivity index (χ1n) is 14.2. The van der Waals surface area contributed by atoms with Crippen molar-refractivity contribution in [2.45, 2.75) is 81.8 Å². The van der Waals surface area contributed by atoms with Gasteiger partial charge in [0.1, 0.15) is 17.0 Å². The number of carbonyl (C=O) groups excluding carboxylic acids is 1. The van der Waals surface area contributed by atoms with Crippen LogP contribution in [0.4, 0.5) is 0 Å². The van der Waals surface area contributed by atoms with E-state index in [1.165, 1.54) is 62.5 Å². The van der Waals surface area contributed by atoms with Crippen molar-refractivity contribution in [3.05, 3.63) is 65.2 Å². The summed E-state index contributed by atoms with van der Waals surface area (Å²) in [5.74, 6) is 6.13. The van der Waals surface area contributed by atoms with E-state index in [1.54, 1.807) is 0 Å². The van der Waals surface area contributed by atoms with Crippen molar-refractivity contribution in [3.8, 4) is 5.75 Å². The van der Waals surface area contributed by atoms with Crippen LogP contribution in [0.3, 0.4) is 0 Å². The van der Waals surface area contributed by atoms with Crippen molar-refractivity contribution < 1.29 is 14.3 Å². The third-order valence-corrected chi connectivity index (χ3v) is 11.2. The minimum absolute atomic E-state index is 0.223. The molecule has 2 aromatic rings. The summed E-state index contributed by atoms with van der Waals surface area (Å²) in [5, 5.41) is 0. The van der Waals surface area contributed by atoms with Gasteiger partial charge in [-0.25, -0.2) is 4.79 Å². The average Bonchev–Trinajstić information content (AvgIpc) is 3.75. The lowest BCUT2D eigenvalue weighted by Gasteiger charge is -2.49. The second kappa shape index (κ2) is 7.22. The molecule has 5 fully saturated rings. The second-order valence-electron chi connectivity index (χ2n) is 12.7. The van der Waals surface area contributed by atoms with Crippen LogP contribution in [0.2, 0.25) is 0 Å². The van der Waals surface area contributed by atoms with E-state index in [1.807, 2.05) is 36.4 Å². The average molecular weight is 469 g/mol. The molecule has 0 aromatic heterocycles. The van der Waals surface area contributed by atoms with Crippen molar-refractivity contribution >= 4 is 5.97 Å². The Hall–Kier alpha value is -2.13. The molecule has 8 rings (SSSR count). The Bertz CT molecular complexity index is 1190. The van der Waals surface area contributed by atoms with E-state index in [0.717, 1.165) is 41.9 Å². The molecule has 1 heterocycles. The third kappa shape index (κ3) is 2.85. The van der Waals surface area contributed by atoms with Gasteiger partial charge in [0.05, 0.1) is 5.56 Å². The van der Waals surface area contributed by atoms with E-state index in [2.05, 4.69) is 19.1 Å². The van der Waals surface area contributed by atoms with Gasteiger partial charge < -0.3 is 9.47 Å². The molecule has 4 saturated carbocycles. The lowest BCUT2D eigenvalue weighted by Crippen LogP contribution is -2.45. The van der Waals surface area contributed by atoms with Gasteiger partial charge >= 0.3 is 5.97 Å². The molecule has 3 unspecified atom stereocenters. The first-order chi connectivity index (χ1) is 17.1. The van der Waals surface area contributed by atoms with Crippen molar-refractivity contribution in [1.82, 2.24) is 0 Å². The molecular weight excluding hydrogens is 432 g/mol. The molecule has 35 heavy (non-hydrogen) atoms. The van der Waals surface area contributed by atoms with Crippen molar-refractivity contribution in [2.75, 3.05) is 0 Å². The van der Waals surface area contributed by atoms with Crippen LogP contribution in [0.15, 0.2) is 48.5 Å². The summed E-state index contributed by atoms with van der Waals surface area (Å²) >= 11 is 0. The van der Waals surface area contributed by atoms with Crippen LogP contribution in [-0.2, 0) is 11.2 Å². The Kier molecular flexibility index (Phi) is 4.33. The van der Waals surface area contributed by atoms with E-state index in [-0.39, 0.29) is 17.2 Å². The van der Waals surface area contributed by atoms with Gasteiger partial charge in [0.15, 0.2) is 0 Å². The first-order valence-corrected chi connectivity index (χ1v) is 14.2. The van der Waals surface area contributed by atoms with Gasteiger partial charge in [0, 0.05) is 0 Å². The Morgan fingerprint density at radius 2 is 1.94 bits per heavy atom. The van der Waals surface area contributed by atoms with Crippen LogP contribution in [0.25, 0.3) is 0 Å². The summed E-state index contributed by atoms with van der Waals surface area (Å²) in [6, 6.07) is 15.8. The minimum Gasteiger partial charge on any atom is -0.423 e. The molecular formula is C32H36O3. The molecule has 5 aliphatic carbocycles. The van der Waals surface area contributed by atoms with Gasteiger partial charge in [0.2, 0.25) is 0 Å². The Labute approximate surface area is 208 Å². The lowest BCUT2D eigenvalue weighted by molar-refractivity contribution is 0.0133. The molecule has 3 nitrogen and oxygen atoms in total. The maximum Gasteiger partial charge on any atom is 0.343 e.